The summed E-state index contributed by atoms with van der Waals surface area (Å²) in [6.07, 6.45) is 1.78. The fourth-order valence-electron chi connectivity index (χ4n) is 1.40. The standard InChI is InChI=1S/C12H19ClN2S/c1-4-14-11(9(2)3)8-16-12-10(13)6-5-7-15-12/h5-7,9,11,14H,4,8H2,1-3H3. The summed E-state index contributed by atoms with van der Waals surface area (Å²) in [5.74, 6) is 1.62. The van der Waals surface area contributed by atoms with Gasteiger partial charge in [0.2, 0.25) is 0 Å². The zero-order chi connectivity index (χ0) is 12.0. The van der Waals surface area contributed by atoms with Gasteiger partial charge < -0.3 is 5.32 Å². The predicted molar refractivity (Wildman–Crippen MR) is 72.3 cm³/mol. The number of hydrogen-bond donors (Lipinski definition) is 1. The average molecular weight is 259 g/mol. The summed E-state index contributed by atoms with van der Waals surface area (Å²) in [5, 5.41) is 5.15. The van der Waals surface area contributed by atoms with E-state index in [1.165, 1.54) is 0 Å². The van der Waals surface area contributed by atoms with E-state index in [1.54, 1.807) is 18.0 Å². The highest BCUT2D eigenvalue weighted by Gasteiger charge is 2.13. The number of nitrogens with one attached hydrogen (secondary N) is 1. The molecular formula is C12H19ClN2S. The topological polar surface area (TPSA) is 24.9 Å². The van der Waals surface area contributed by atoms with Gasteiger partial charge in [-0.05, 0) is 24.6 Å². The van der Waals surface area contributed by atoms with Crippen molar-refractivity contribution in [2.24, 2.45) is 5.92 Å². The van der Waals surface area contributed by atoms with Gasteiger partial charge in [-0.2, -0.15) is 0 Å². The monoisotopic (exact) mass is 258 g/mol. The maximum absolute atomic E-state index is 6.06. The molecule has 0 saturated heterocycles. The first-order valence-corrected chi connectivity index (χ1v) is 6.98. The normalized spacial score (nSPS) is 13.1. The van der Waals surface area contributed by atoms with Gasteiger partial charge in [0.05, 0.1) is 5.02 Å². The van der Waals surface area contributed by atoms with E-state index in [0.717, 1.165) is 22.3 Å². The van der Waals surface area contributed by atoms with E-state index in [0.29, 0.717) is 12.0 Å². The first kappa shape index (κ1) is 13.8. The lowest BCUT2D eigenvalue weighted by molar-refractivity contribution is 0.443. The molecule has 0 aliphatic heterocycles. The van der Waals surface area contributed by atoms with Crippen LogP contribution in [-0.4, -0.2) is 23.3 Å². The SMILES string of the molecule is CCNC(CSc1ncccc1Cl)C(C)C. The zero-order valence-electron chi connectivity index (χ0n) is 10.0. The Hall–Kier alpha value is -0.250. The van der Waals surface area contributed by atoms with Crippen LogP contribution in [0.1, 0.15) is 20.8 Å². The Kier molecular flexibility index (Phi) is 6.17. The molecule has 1 N–H and O–H groups in total. The number of thioether (sulfide) groups is 1. The largest absolute Gasteiger partial charge is 0.313 e. The lowest BCUT2D eigenvalue weighted by Crippen LogP contribution is -2.35. The van der Waals surface area contributed by atoms with Gasteiger partial charge in [-0.25, -0.2) is 4.98 Å². The molecule has 0 aliphatic rings. The maximum atomic E-state index is 6.06. The Balaban J connectivity index is 2.52. The molecule has 1 aromatic rings. The summed E-state index contributed by atoms with van der Waals surface area (Å²) in [6.45, 7) is 7.59. The van der Waals surface area contributed by atoms with Gasteiger partial charge in [0.25, 0.3) is 0 Å². The Bertz CT molecular complexity index is 318. The second-order valence-electron chi connectivity index (χ2n) is 4.01. The lowest BCUT2D eigenvalue weighted by Gasteiger charge is -2.21. The molecule has 1 heterocycles. The van der Waals surface area contributed by atoms with Gasteiger partial charge in [-0.3, -0.25) is 0 Å². The number of pyridine rings is 1. The molecule has 0 fully saturated rings. The Morgan fingerprint density at radius 2 is 2.25 bits per heavy atom. The molecule has 1 atom stereocenters. The van der Waals surface area contributed by atoms with Gasteiger partial charge in [-0.1, -0.05) is 32.4 Å². The molecule has 2 nitrogen and oxygen atoms in total. The molecule has 0 bridgehead atoms. The average Bonchev–Trinajstić information content (AvgIpc) is 2.26. The molecule has 0 amide bonds. The van der Waals surface area contributed by atoms with Crippen LogP contribution in [0, 0.1) is 5.92 Å². The summed E-state index contributed by atoms with van der Waals surface area (Å²) in [7, 11) is 0. The van der Waals surface area contributed by atoms with E-state index in [-0.39, 0.29) is 0 Å². The van der Waals surface area contributed by atoms with Crippen molar-refractivity contribution >= 4 is 23.4 Å². The van der Waals surface area contributed by atoms with E-state index in [9.17, 15) is 0 Å². The molecule has 16 heavy (non-hydrogen) atoms. The number of halogens is 1. The van der Waals surface area contributed by atoms with Gasteiger partial charge >= 0.3 is 0 Å². The highest BCUT2D eigenvalue weighted by molar-refractivity contribution is 7.99. The van der Waals surface area contributed by atoms with E-state index in [4.69, 9.17) is 11.6 Å². The van der Waals surface area contributed by atoms with Crippen molar-refractivity contribution < 1.29 is 0 Å². The predicted octanol–water partition coefficient (Wildman–Crippen LogP) is 3.46. The van der Waals surface area contributed by atoms with Gasteiger partial charge in [0.1, 0.15) is 5.03 Å². The third-order valence-corrected chi connectivity index (χ3v) is 3.94. The minimum absolute atomic E-state index is 0.507. The summed E-state index contributed by atoms with van der Waals surface area (Å²) >= 11 is 7.78. The number of rotatable bonds is 6. The second kappa shape index (κ2) is 7.15. The van der Waals surface area contributed by atoms with Crippen molar-refractivity contribution in [1.29, 1.82) is 0 Å². The third-order valence-electron chi connectivity index (χ3n) is 2.40. The fourth-order valence-corrected chi connectivity index (χ4v) is 2.86. The van der Waals surface area contributed by atoms with E-state index in [1.807, 2.05) is 12.1 Å². The van der Waals surface area contributed by atoms with Crippen LogP contribution in [0.3, 0.4) is 0 Å². The third kappa shape index (κ3) is 4.32. The quantitative estimate of drug-likeness (QED) is 0.791. The second-order valence-corrected chi connectivity index (χ2v) is 5.43. The van der Waals surface area contributed by atoms with Crippen LogP contribution in [0.25, 0.3) is 0 Å². The fraction of sp³-hybridized carbons (Fsp3) is 0.583. The van der Waals surface area contributed by atoms with Gasteiger partial charge in [0, 0.05) is 18.0 Å². The molecule has 1 aromatic heterocycles. The van der Waals surface area contributed by atoms with Crippen LogP contribution in [0.2, 0.25) is 5.02 Å². The van der Waals surface area contributed by atoms with Crippen molar-refractivity contribution in [3.63, 3.8) is 0 Å². The smallest absolute Gasteiger partial charge is 0.115 e. The van der Waals surface area contributed by atoms with Crippen molar-refractivity contribution in [3.05, 3.63) is 23.4 Å². The molecule has 0 radical (unpaired) electrons. The van der Waals surface area contributed by atoms with Crippen LogP contribution in [-0.2, 0) is 0 Å². The van der Waals surface area contributed by atoms with Crippen LogP contribution < -0.4 is 5.32 Å². The highest BCUT2D eigenvalue weighted by atomic mass is 35.5. The molecule has 0 aliphatic carbocycles. The molecular weight excluding hydrogens is 240 g/mol. The van der Waals surface area contributed by atoms with Crippen molar-refractivity contribution in [3.8, 4) is 0 Å². The van der Waals surface area contributed by atoms with E-state index in [2.05, 4.69) is 31.1 Å². The molecule has 1 unspecified atom stereocenters. The minimum atomic E-state index is 0.507. The van der Waals surface area contributed by atoms with Crippen LogP contribution in [0.4, 0.5) is 0 Å². The first-order valence-electron chi connectivity index (χ1n) is 5.61. The minimum Gasteiger partial charge on any atom is -0.313 e. The highest BCUT2D eigenvalue weighted by Crippen LogP contribution is 2.25. The number of hydrogen-bond acceptors (Lipinski definition) is 3. The molecule has 0 spiro atoms. The Morgan fingerprint density at radius 1 is 1.50 bits per heavy atom. The Morgan fingerprint density at radius 3 is 2.81 bits per heavy atom. The van der Waals surface area contributed by atoms with E-state index < -0.39 is 0 Å². The number of nitrogens with zero attached hydrogens (tertiary/aromatic N) is 1. The molecule has 4 heteroatoms. The van der Waals surface area contributed by atoms with Crippen LogP contribution in [0.15, 0.2) is 23.4 Å². The first-order chi connectivity index (χ1) is 7.65. The maximum Gasteiger partial charge on any atom is 0.115 e. The molecule has 0 aromatic carbocycles. The Labute approximate surface area is 107 Å². The zero-order valence-corrected chi connectivity index (χ0v) is 11.6. The van der Waals surface area contributed by atoms with Crippen molar-refractivity contribution in [1.82, 2.24) is 10.3 Å². The molecule has 90 valence electrons. The van der Waals surface area contributed by atoms with Crippen molar-refractivity contribution in [2.75, 3.05) is 12.3 Å². The summed E-state index contributed by atoms with van der Waals surface area (Å²) in [5.41, 5.74) is 0. The lowest BCUT2D eigenvalue weighted by atomic mass is 10.1. The molecule has 0 saturated carbocycles. The van der Waals surface area contributed by atoms with Gasteiger partial charge in [0.15, 0.2) is 0 Å². The summed E-state index contributed by atoms with van der Waals surface area (Å²) < 4.78 is 0. The summed E-state index contributed by atoms with van der Waals surface area (Å²) in [4.78, 5) is 4.27. The van der Waals surface area contributed by atoms with Gasteiger partial charge in [-0.15, -0.1) is 11.8 Å². The summed E-state index contributed by atoms with van der Waals surface area (Å²) in [6, 6.07) is 4.25. The molecule has 1 rings (SSSR count). The van der Waals surface area contributed by atoms with Crippen LogP contribution >= 0.6 is 23.4 Å². The number of aromatic nitrogens is 1. The van der Waals surface area contributed by atoms with Crippen LogP contribution in [0.5, 0.6) is 0 Å². The van der Waals surface area contributed by atoms with E-state index >= 15 is 0 Å². The van der Waals surface area contributed by atoms with Crippen molar-refractivity contribution in [2.45, 2.75) is 31.8 Å².